The van der Waals surface area contributed by atoms with Crippen molar-refractivity contribution >= 4 is 0 Å². The van der Waals surface area contributed by atoms with Gasteiger partial charge in [0, 0.05) is 86.6 Å². The zero-order valence-electron chi connectivity index (χ0n) is 55.4. The van der Waals surface area contributed by atoms with Gasteiger partial charge in [-0.3, -0.25) is 24.7 Å². The first-order valence-corrected chi connectivity index (χ1v) is 27.0. The molecule has 512 valence electrons. The van der Waals surface area contributed by atoms with E-state index in [0.717, 1.165) is 28.8 Å². The van der Waals surface area contributed by atoms with Gasteiger partial charge >= 0.3 is 0 Å². The van der Waals surface area contributed by atoms with Crippen molar-refractivity contribution in [1.29, 1.82) is 0 Å². The standard InChI is InChI=1S/2C4H6N2.2C4H5NO.6C3H5N3.3C3H4N2O.3C2H4N4/c1-6-3-2-5-4-6;1-4-2-3-5-6-4;1-4-2-6-3-5-4;1-4-2-5-3-6-4;1-6-2-4-5-3-6;1-6-3-4-2-5-6;1-6-3-2-4-5-6;1-6-4-2-3-5-6;2*1-3-4-2-5-6-3;1-3-5-4-2-6-3;1-3-4-2-6-5-3;1-3-4-2-5-6-3;1-6-2-3-4-5-6;2*1-2-3-5-6-4-2/h2-4H,1H3;2-3H,1H3,(H,5,6);6*2-3H,1H3;2*2H,1H3,(H,4,5,6);4*2H,1H3;2*1H3,(H,3,4,5,6). The first-order chi connectivity index (χ1) is 46.3. The Morgan fingerprint density at radius 2 is 1.15 bits per heavy atom. The number of hydrogen-bond acceptors (Lipinski definition) is 36. The molecule has 47 heteroatoms. The van der Waals surface area contributed by atoms with Crippen LogP contribution in [0.4, 0.5) is 0 Å². The second-order valence-electron chi connectivity index (χ2n) is 16.9. The molecule has 0 aromatic carbocycles. The molecule has 0 saturated heterocycles. The van der Waals surface area contributed by atoms with Crippen molar-refractivity contribution < 1.29 is 22.3 Å². The zero-order chi connectivity index (χ0) is 70.5. The number of nitrogens with one attached hydrogen (secondary N) is 5. The van der Waals surface area contributed by atoms with Gasteiger partial charge in [0.1, 0.15) is 68.0 Å². The van der Waals surface area contributed by atoms with Gasteiger partial charge in [0.25, 0.3) is 0 Å². The van der Waals surface area contributed by atoms with Crippen LogP contribution in [0.25, 0.3) is 0 Å². The Bertz CT molecular complexity index is 2810. The molecule has 0 saturated carbocycles. The summed E-state index contributed by atoms with van der Waals surface area (Å²) >= 11 is 0. The van der Waals surface area contributed by atoms with Crippen LogP contribution in [0.3, 0.4) is 0 Å². The van der Waals surface area contributed by atoms with Gasteiger partial charge in [0.15, 0.2) is 36.6 Å². The molecule has 0 fully saturated rings. The van der Waals surface area contributed by atoms with E-state index in [1.54, 1.807) is 138 Å². The Morgan fingerprint density at radius 1 is 0.458 bits per heavy atom. The Balaban J connectivity index is 0.000000512. The van der Waals surface area contributed by atoms with Crippen molar-refractivity contribution in [2.45, 2.75) is 69.2 Å². The zero-order valence-corrected chi connectivity index (χ0v) is 55.4. The van der Waals surface area contributed by atoms with E-state index in [1.807, 2.05) is 79.6 Å². The molecular weight excluding hydrogens is 1260 g/mol. The molecule has 0 spiro atoms. The molecule has 0 unspecified atom stereocenters. The van der Waals surface area contributed by atoms with Crippen molar-refractivity contribution in [2.24, 2.45) is 42.3 Å². The third-order valence-corrected chi connectivity index (χ3v) is 8.37. The fourth-order valence-electron chi connectivity index (χ4n) is 4.12. The molecule has 96 heavy (non-hydrogen) atoms. The average molecular weight is 1330 g/mol. The van der Waals surface area contributed by atoms with Crippen molar-refractivity contribution in [1.82, 2.24) is 212 Å². The van der Waals surface area contributed by atoms with Gasteiger partial charge in [-0.2, -0.15) is 55.8 Å². The number of oxazole rings is 2. The van der Waals surface area contributed by atoms with Gasteiger partial charge < -0.3 is 31.4 Å². The molecular formula is C49H76N42O5. The molecule has 0 aliphatic rings. The van der Waals surface area contributed by atoms with Crippen molar-refractivity contribution in [3.63, 3.8) is 0 Å². The molecule has 16 heterocycles. The van der Waals surface area contributed by atoms with Gasteiger partial charge in [0.2, 0.25) is 24.6 Å². The summed E-state index contributed by atoms with van der Waals surface area (Å²) in [7, 11) is 11.0. The average Bonchev–Trinajstić information content (AvgIpc) is 4.35. The molecule has 16 aromatic heterocycles. The van der Waals surface area contributed by atoms with Gasteiger partial charge in [-0.15, -0.1) is 51.0 Å². The molecule has 5 N–H and O–H groups in total. The maximum atomic E-state index is 4.72. The fraction of sp³-hybridized carbons (Fsp3) is 0.327. The van der Waals surface area contributed by atoms with Crippen LogP contribution in [0.2, 0.25) is 0 Å². The lowest BCUT2D eigenvalue weighted by Gasteiger charge is -1.76. The maximum Gasteiger partial charge on any atom is 0.223 e. The number of imidazole rings is 1. The van der Waals surface area contributed by atoms with Crippen LogP contribution in [-0.4, -0.2) is 212 Å². The van der Waals surface area contributed by atoms with E-state index in [4.69, 9.17) is 4.42 Å². The largest absolute Gasteiger partial charge is 0.452 e. The number of nitrogens with zero attached hydrogens (tertiary/aromatic N) is 37. The van der Waals surface area contributed by atoms with E-state index in [-0.39, 0.29) is 0 Å². The van der Waals surface area contributed by atoms with E-state index >= 15 is 0 Å². The van der Waals surface area contributed by atoms with Gasteiger partial charge in [-0.1, -0.05) is 26.0 Å². The van der Waals surface area contributed by atoms with Crippen LogP contribution < -0.4 is 0 Å². The maximum absolute atomic E-state index is 4.72. The van der Waals surface area contributed by atoms with Crippen LogP contribution in [0.5, 0.6) is 0 Å². The van der Waals surface area contributed by atoms with Crippen molar-refractivity contribution in [3.05, 3.63) is 202 Å². The number of hydrogen-bond donors (Lipinski definition) is 5. The quantitative estimate of drug-likeness (QED) is 0.145. The second-order valence-corrected chi connectivity index (χ2v) is 16.9. The van der Waals surface area contributed by atoms with Gasteiger partial charge in [-0.25, -0.2) is 34.6 Å². The summed E-state index contributed by atoms with van der Waals surface area (Å²) in [5.74, 6) is 5.81. The fourth-order valence-corrected chi connectivity index (χ4v) is 4.12. The highest BCUT2D eigenvalue weighted by Gasteiger charge is 1.84. The van der Waals surface area contributed by atoms with Crippen LogP contribution in [0.15, 0.2) is 167 Å². The number of H-pyrrole nitrogens is 5. The van der Waals surface area contributed by atoms with Crippen molar-refractivity contribution in [3.8, 4) is 0 Å². The molecule has 47 nitrogen and oxygen atoms in total. The molecule has 0 radical (unpaired) electrons. The highest BCUT2D eigenvalue weighted by molar-refractivity contribution is 4.92. The predicted molar refractivity (Wildman–Crippen MR) is 329 cm³/mol. The van der Waals surface area contributed by atoms with E-state index in [0.29, 0.717) is 29.3 Å². The minimum Gasteiger partial charge on any atom is -0.452 e. The minimum atomic E-state index is 0.606. The minimum absolute atomic E-state index is 0.606. The smallest absolute Gasteiger partial charge is 0.223 e. The number of aromatic nitrogens is 42. The van der Waals surface area contributed by atoms with Crippen molar-refractivity contribution in [2.75, 3.05) is 0 Å². The summed E-state index contributed by atoms with van der Waals surface area (Å²) < 4.78 is 31.2. The Labute approximate surface area is 546 Å². The summed E-state index contributed by atoms with van der Waals surface area (Å²) in [6.07, 6.45) is 34.8. The molecule has 16 rings (SSSR count). The lowest BCUT2D eigenvalue weighted by molar-refractivity contribution is 0.392. The first-order valence-electron chi connectivity index (χ1n) is 27.0. The van der Waals surface area contributed by atoms with Crippen LogP contribution >= 0.6 is 0 Å². The summed E-state index contributed by atoms with van der Waals surface area (Å²) in [6.45, 7) is 18.2. The first kappa shape index (κ1) is 80.3. The molecule has 0 bridgehead atoms. The van der Waals surface area contributed by atoms with E-state index in [1.165, 1.54) is 66.7 Å². The molecule has 0 amide bonds. The van der Waals surface area contributed by atoms with E-state index in [9.17, 15) is 0 Å². The number of aryl methyl sites for hydroxylation is 16. The predicted octanol–water partition coefficient (Wildman–Crippen LogP) is 1.95. The Morgan fingerprint density at radius 3 is 1.29 bits per heavy atom. The van der Waals surface area contributed by atoms with E-state index < -0.39 is 0 Å². The highest BCUT2D eigenvalue weighted by atomic mass is 16.5. The van der Waals surface area contributed by atoms with Crippen LogP contribution in [-0.2, 0) is 42.3 Å². The molecule has 0 aliphatic carbocycles. The number of aromatic amines is 5. The topological polar surface area (TPSA) is 574 Å². The summed E-state index contributed by atoms with van der Waals surface area (Å²) in [5, 5.41) is 93.5. The SMILES string of the molecule is Cc1ccn[nH]1.Cc1cnco1.Cc1cocn1.Cc1ncn[nH]1.Cc1ncn[nH]1.Cc1ncno1.Cc1ncon1.Cc1nn[nH]n1.Cc1nn[nH]n1.Cc1nnco1.Cn1ccnc1.Cn1ccnn1.Cn1cncn1.Cn1cnnc1.Cn1cnnn1.Cn1nccn1. The summed E-state index contributed by atoms with van der Waals surface area (Å²) in [4.78, 5) is 31.1. The summed E-state index contributed by atoms with van der Waals surface area (Å²) in [5.41, 5.74) is 2.03. The second kappa shape index (κ2) is 54.3. The number of tetrazole rings is 3. The molecule has 0 atom stereocenters. The lowest BCUT2D eigenvalue weighted by Crippen LogP contribution is -1.89. The summed E-state index contributed by atoms with van der Waals surface area (Å²) in [6, 6.07) is 1.92. The Kier molecular flexibility index (Phi) is 45.4. The number of rotatable bonds is 0. The third-order valence-electron chi connectivity index (χ3n) is 8.37. The highest BCUT2D eigenvalue weighted by Crippen LogP contribution is 1.89. The Hall–Kier alpha value is -13.7. The molecule has 16 aromatic rings. The third kappa shape index (κ3) is 52.3. The normalized spacial score (nSPS) is 8.83. The van der Waals surface area contributed by atoms with Crippen LogP contribution in [0, 0.1) is 69.2 Å². The van der Waals surface area contributed by atoms with Gasteiger partial charge in [0.05, 0.1) is 36.8 Å². The van der Waals surface area contributed by atoms with E-state index in [2.05, 4.69) is 201 Å². The van der Waals surface area contributed by atoms with Crippen LogP contribution in [0.1, 0.15) is 58.1 Å². The monoisotopic (exact) mass is 1330 g/mol. The lowest BCUT2D eigenvalue weighted by atomic mass is 10.5. The van der Waals surface area contributed by atoms with Gasteiger partial charge in [-0.05, 0) is 71.9 Å². The molecule has 0 aliphatic heterocycles.